The maximum absolute atomic E-state index is 13.2. The van der Waals surface area contributed by atoms with Crippen LogP contribution in [0.2, 0.25) is 0 Å². The molecule has 2 heterocycles. The molecule has 4 aromatic rings. The van der Waals surface area contributed by atoms with Crippen LogP contribution in [-0.4, -0.2) is 52.0 Å². The first-order chi connectivity index (χ1) is 22.3. The summed E-state index contributed by atoms with van der Waals surface area (Å²) >= 11 is 0. The molecule has 2 amide bonds. The number of amides is 2. The first-order valence-electron chi connectivity index (χ1n) is 15.2. The lowest BCUT2D eigenvalue weighted by Crippen LogP contribution is -2.35. The number of carbonyl (C=O) groups excluding carboxylic acids is 2. The molecule has 0 atom stereocenters. The van der Waals surface area contributed by atoms with E-state index in [1.165, 1.54) is 4.90 Å². The quantitative estimate of drug-likeness (QED) is 0.223. The summed E-state index contributed by atoms with van der Waals surface area (Å²) in [4.78, 5) is 32.0. The molecular weight excluding hydrogens is 607 g/mol. The summed E-state index contributed by atoms with van der Waals surface area (Å²) < 4.78 is 41.4. The molecule has 12 heteroatoms. The van der Waals surface area contributed by atoms with E-state index in [0.717, 1.165) is 11.1 Å². The largest absolute Gasteiger partial charge is 0.390 e. The molecule has 2 aromatic heterocycles. The highest BCUT2D eigenvalue weighted by molar-refractivity contribution is 5.98. The molecule has 2 fully saturated rings. The van der Waals surface area contributed by atoms with Crippen molar-refractivity contribution in [2.24, 2.45) is 0 Å². The average molecular weight is 640 g/mol. The molecule has 0 aliphatic heterocycles. The number of carbonyl (C=O) groups is 2. The van der Waals surface area contributed by atoms with Crippen LogP contribution in [0.25, 0.3) is 28.0 Å². The highest BCUT2D eigenvalue weighted by atomic mass is 19.4. The molecular formula is C35H32F3N7O2. The zero-order valence-corrected chi connectivity index (χ0v) is 26.1. The van der Waals surface area contributed by atoms with Gasteiger partial charge >= 0.3 is 6.18 Å². The lowest BCUT2D eigenvalue weighted by atomic mass is 9.99. The Balaban J connectivity index is 1.39. The van der Waals surface area contributed by atoms with E-state index in [2.05, 4.69) is 27.8 Å². The molecule has 0 unspecified atom stereocenters. The van der Waals surface area contributed by atoms with Gasteiger partial charge in [0.05, 0.1) is 36.1 Å². The number of alkyl halides is 3. The van der Waals surface area contributed by atoms with Gasteiger partial charge in [0.2, 0.25) is 0 Å². The van der Waals surface area contributed by atoms with E-state index in [4.69, 9.17) is 0 Å². The second kappa shape index (κ2) is 11.5. The average Bonchev–Trinajstić information content (AvgIpc) is 3.95. The number of imidazole rings is 1. The van der Waals surface area contributed by atoms with Crippen molar-refractivity contribution in [3.8, 4) is 34.5 Å². The van der Waals surface area contributed by atoms with Crippen LogP contribution in [-0.2, 0) is 0 Å². The molecule has 240 valence electrons. The number of nitrogens with one attached hydrogen (secondary N) is 2. The summed E-state index contributed by atoms with van der Waals surface area (Å²) in [7, 11) is 1.59. The maximum Gasteiger partial charge on any atom is 0.390 e. The van der Waals surface area contributed by atoms with Crippen molar-refractivity contribution in [2.75, 3.05) is 18.5 Å². The van der Waals surface area contributed by atoms with Crippen molar-refractivity contribution < 1.29 is 22.8 Å². The summed E-state index contributed by atoms with van der Waals surface area (Å²) in [5.41, 5.74) is 4.42. The van der Waals surface area contributed by atoms with E-state index in [0.29, 0.717) is 70.5 Å². The smallest absolute Gasteiger partial charge is 0.371 e. The summed E-state index contributed by atoms with van der Waals surface area (Å²) in [6.45, 7) is 3.32. The van der Waals surface area contributed by atoms with Gasteiger partial charge in [-0.2, -0.15) is 23.7 Å². The fraction of sp³-hybridized carbons (Fsp3) is 0.343. The predicted octanol–water partition coefficient (Wildman–Crippen LogP) is 6.25. The van der Waals surface area contributed by atoms with Gasteiger partial charge in [-0.3, -0.25) is 14.0 Å². The summed E-state index contributed by atoms with van der Waals surface area (Å²) in [5, 5.41) is 24.4. The van der Waals surface area contributed by atoms with Gasteiger partial charge in [0, 0.05) is 42.0 Å². The van der Waals surface area contributed by atoms with Crippen LogP contribution in [0.4, 0.5) is 18.9 Å². The Labute approximate surface area is 269 Å². The number of aromatic nitrogens is 2. The van der Waals surface area contributed by atoms with Gasteiger partial charge in [-0.15, -0.1) is 0 Å². The van der Waals surface area contributed by atoms with E-state index in [9.17, 15) is 33.3 Å². The van der Waals surface area contributed by atoms with Gasteiger partial charge in [0.15, 0.2) is 5.65 Å². The molecule has 2 N–H and O–H groups in total. The number of pyridine rings is 1. The molecule has 2 saturated carbocycles. The van der Waals surface area contributed by atoms with Gasteiger partial charge in [-0.1, -0.05) is 18.2 Å². The van der Waals surface area contributed by atoms with E-state index in [-0.39, 0.29) is 18.4 Å². The Morgan fingerprint density at radius 1 is 0.894 bits per heavy atom. The normalized spacial score (nSPS) is 15.7. The van der Waals surface area contributed by atoms with Crippen LogP contribution < -0.4 is 15.5 Å². The summed E-state index contributed by atoms with van der Waals surface area (Å²) in [6, 6.07) is 16.7. The number of rotatable bonds is 9. The maximum atomic E-state index is 13.2. The summed E-state index contributed by atoms with van der Waals surface area (Å²) in [6.07, 6.45) is 0.618. The molecule has 9 nitrogen and oxygen atoms in total. The van der Waals surface area contributed by atoms with Gasteiger partial charge < -0.3 is 15.5 Å². The molecule has 0 saturated heterocycles. The Bertz CT molecular complexity index is 2010. The van der Waals surface area contributed by atoms with Gasteiger partial charge in [0.1, 0.15) is 11.1 Å². The van der Waals surface area contributed by atoms with Crippen LogP contribution in [0.3, 0.4) is 0 Å². The minimum atomic E-state index is -4.33. The number of halogens is 3. The SMILES string of the molecule is Cc1cc(-c2cc(N(C)CCC(F)(F)F)c3ncc(-c4ccc(C(=O)NC5(C#N)CC5)c(C)c4)n3c2)ccc1C(=O)NC1(C#N)CC1. The van der Waals surface area contributed by atoms with E-state index in [1.807, 2.05) is 22.7 Å². The van der Waals surface area contributed by atoms with Gasteiger partial charge in [0.25, 0.3) is 11.8 Å². The number of aryl methyl sites for hydroxylation is 2. The highest BCUT2D eigenvalue weighted by Gasteiger charge is 2.45. The third-order valence-corrected chi connectivity index (χ3v) is 8.93. The number of fused-ring (bicyclic) bond motifs is 1. The number of hydrogen-bond acceptors (Lipinski definition) is 6. The van der Waals surface area contributed by atoms with Crippen LogP contribution in [0.1, 0.15) is 63.9 Å². The van der Waals surface area contributed by atoms with E-state index >= 15 is 0 Å². The zero-order chi connectivity index (χ0) is 33.7. The number of benzene rings is 2. The second-order valence-electron chi connectivity index (χ2n) is 12.6. The topological polar surface area (TPSA) is 126 Å². The fourth-order valence-corrected chi connectivity index (χ4v) is 5.66. The van der Waals surface area contributed by atoms with Crippen LogP contribution in [0, 0.1) is 36.5 Å². The van der Waals surface area contributed by atoms with Gasteiger partial charge in [-0.25, -0.2) is 4.98 Å². The minimum Gasteiger partial charge on any atom is -0.371 e. The molecule has 0 spiro atoms. The fourth-order valence-electron chi connectivity index (χ4n) is 5.66. The third kappa shape index (κ3) is 6.36. The van der Waals surface area contributed by atoms with Crippen molar-refractivity contribution >= 4 is 23.1 Å². The number of hydrogen-bond donors (Lipinski definition) is 2. The molecule has 0 bridgehead atoms. The molecule has 2 aliphatic rings. The Kier molecular flexibility index (Phi) is 7.71. The molecule has 6 rings (SSSR count). The lowest BCUT2D eigenvalue weighted by molar-refractivity contribution is -0.132. The first kappa shape index (κ1) is 31.6. The van der Waals surface area contributed by atoms with Crippen LogP contribution >= 0.6 is 0 Å². The minimum absolute atomic E-state index is 0.281. The van der Waals surface area contributed by atoms with Crippen molar-refractivity contribution in [2.45, 2.75) is 63.2 Å². The molecule has 47 heavy (non-hydrogen) atoms. The first-order valence-corrected chi connectivity index (χ1v) is 15.2. The Morgan fingerprint density at radius 3 is 1.91 bits per heavy atom. The second-order valence-corrected chi connectivity index (χ2v) is 12.6. The number of nitriles is 2. The van der Waals surface area contributed by atoms with E-state index in [1.54, 1.807) is 57.4 Å². The van der Waals surface area contributed by atoms with Crippen molar-refractivity contribution in [3.05, 3.63) is 77.1 Å². The van der Waals surface area contributed by atoms with Crippen molar-refractivity contribution in [1.82, 2.24) is 20.0 Å². The highest BCUT2D eigenvalue weighted by Crippen LogP contribution is 2.37. The standard InChI is InChI=1S/C35H32F3N7O2/c1-21-14-23(4-6-26(21)31(46)42-33(19-39)8-9-33)25-16-28(44(3)13-12-35(36,37)38)30-41-17-29(45(30)18-25)24-5-7-27(22(2)15-24)32(47)43-34(20-40)10-11-34/h4-7,14-18H,8-13H2,1-3H3,(H,42,46)(H,43,47). The molecule has 0 radical (unpaired) electrons. The van der Waals surface area contributed by atoms with Gasteiger partial charge in [-0.05, 0) is 80.5 Å². The van der Waals surface area contributed by atoms with Crippen LogP contribution in [0.15, 0.2) is 54.9 Å². The zero-order valence-electron chi connectivity index (χ0n) is 26.1. The lowest BCUT2D eigenvalue weighted by Gasteiger charge is -2.22. The predicted molar refractivity (Wildman–Crippen MR) is 170 cm³/mol. The van der Waals surface area contributed by atoms with Crippen molar-refractivity contribution in [1.29, 1.82) is 10.5 Å². The van der Waals surface area contributed by atoms with Crippen LogP contribution in [0.5, 0.6) is 0 Å². The third-order valence-electron chi connectivity index (χ3n) is 8.93. The van der Waals surface area contributed by atoms with Crippen molar-refractivity contribution in [3.63, 3.8) is 0 Å². The molecule has 2 aliphatic carbocycles. The Hall–Kier alpha value is -5.36. The Morgan fingerprint density at radius 2 is 1.43 bits per heavy atom. The number of nitrogens with zero attached hydrogens (tertiary/aromatic N) is 5. The molecule has 2 aromatic carbocycles. The number of anilines is 1. The monoisotopic (exact) mass is 639 g/mol. The summed E-state index contributed by atoms with van der Waals surface area (Å²) in [5.74, 6) is -0.657. The van der Waals surface area contributed by atoms with E-state index < -0.39 is 23.7 Å².